The number of piperidine rings is 1. The first-order valence-electron chi connectivity index (χ1n) is 16.3. The zero-order valence-electron chi connectivity index (χ0n) is 29.3. The Hall–Kier alpha value is -2.12. The lowest BCUT2D eigenvalue weighted by Gasteiger charge is -2.42. The smallest absolute Gasteiger partial charge is 0.224 e. The van der Waals surface area contributed by atoms with E-state index in [1.807, 2.05) is 19.6 Å². The van der Waals surface area contributed by atoms with E-state index in [1.165, 1.54) is 19.3 Å². The molecule has 0 aromatic carbocycles. The topological polar surface area (TPSA) is 81.2 Å². The van der Waals surface area contributed by atoms with E-state index in [9.17, 15) is 19.2 Å². The number of rotatable bonds is 0. The standard InChI is InChI=1S/C10H19NO.C9H17NO.C8H15NO.C7H13NO/c1-10(2,3)11-8-6-4-5-7-9(11)12;1-9(2,3)10-7-5-4-6-8(10)11;1-8(2,3)9-6-4-5-7(9)10;1-7(2,3)8-5-4-6(8)9/h4-8H2,1-3H3;4-7H2,1-3H3;4-6H2,1-3H3;4-5H2,1-3H3. The van der Waals surface area contributed by atoms with Crippen molar-refractivity contribution >= 4 is 23.6 Å². The second kappa shape index (κ2) is 15.6. The molecule has 0 aromatic heterocycles. The summed E-state index contributed by atoms with van der Waals surface area (Å²) in [6, 6.07) is 0. The summed E-state index contributed by atoms with van der Waals surface area (Å²) in [6.07, 6.45) is 9.72. The Labute approximate surface area is 257 Å². The highest BCUT2D eigenvalue weighted by atomic mass is 16.2. The van der Waals surface area contributed by atoms with E-state index in [-0.39, 0.29) is 22.2 Å². The molecule has 4 rings (SSSR count). The molecule has 0 N–H and O–H groups in total. The van der Waals surface area contributed by atoms with Gasteiger partial charge in [-0.3, -0.25) is 19.2 Å². The molecule has 4 fully saturated rings. The van der Waals surface area contributed by atoms with Gasteiger partial charge in [-0.25, -0.2) is 0 Å². The van der Waals surface area contributed by atoms with Crippen molar-refractivity contribution in [3.63, 3.8) is 0 Å². The monoisotopic (exact) mass is 592 g/mol. The summed E-state index contributed by atoms with van der Waals surface area (Å²) in [4.78, 5) is 52.7. The Morgan fingerprint density at radius 2 is 0.595 bits per heavy atom. The van der Waals surface area contributed by atoms with Crippen LogP contribution in [0.1, 0.15) is 147 Å². The fourth-order valence-corrected chi connectivity index (χ4v) is 5.59. The maximum absolute atomic E-state index is 11.6. The van der Waals surface area contributed by atoms with Crippen LogP contribution < -0.4 is 0 Å². The first-order valence-corrected chi connectivity index (χ1v) is 16.3. The van der Waals surface area contributed by atoms with Gasteiger partial charge in [-0.05, 0) is 115 Å². The second-order valence-corrected chi connectivity index (χ2v) is 16.0. The highest BCUT2D eigenvalue weighted by molar-refractivity contribution is 5.82. The molecule has 0 spiro atoms. The van der Waals surface area contributed by atoms with Crippen LogP contribution in [0.3, 0.4) is 0 Å². The summed E-state index contributed by atoms with van der Waals surface area (Å²) in [6.45, 7) is 28.8. The zero-order chi connectivity index (χ0) is 32.5. The predicted octanol–water partition coefficient (Wildman–Crippen LogP) is 6.41. The maximum atomic E-state index is 11.6. The summed E-state index contributed by atoms with van der Waals surface area (Å²) in [7, 11) is 0. The lowest BCUT2D eigenvalue weighted by atomic mass is 10.0. The first-order chi connectivity index (χ1) is 19.1. The molecule has 0 saturated carbocycles. The van der Waals surface area contributed by atoms with Gasteiger partial charge in [0, 0.05) is 74.0 Å². The number of β-lactam (4-membered cyclic amide) rings is 1. The van der Waals surface area contributed by atoms with Crippen molar-refractivity contribution in [3.05, 3.63) is 0 Å². The molecule has 8 nitrogen and oxygen atoms in total. The fraction of sp³-hybridized carbons (Fsp3) is 0.882. The lowest BCUT2D eigenvalue weighted by molar-refractivity contribution is -0.146. The Morgan fingerprint density at radius 1 is 0.333 bits per heavy atom. The van der Waals surface area contributed by atoms with Gasteiger partial charge < -0.3 is 19.6 Å². The van der Waals surface area contributed by atoms with Crippen molar-refractivity contribution in [1.29, 1.82) is 0 Å². The molecule has 4 aliphatic heterocycles. The van der Waals surface area contributed by atoms with Gasteiger partial charge in [-0.1, -0.05) is 6.42 Å². The van der Waals surface area contributed by atoms with E-state index in [0.29, 0.717) is 23.6 Å². The lowest BCUT2D eigenvalue weighted by Crippen LogP contribution is -2.54. The van der Waals surface area contributed by atoms with Gasteiger partial charge in [0.05, 0.1) is 0 Å². The molecule has 8 heteroatoms. The van der Waals surface area contributed by atoms with Crippen LogP contribution in [-0.2, 0) is 19.2 Å². The fourth-order valence-electron chi connectivity index (χ4n) is 5.59. The zero-order valence-corrected chi connectivity index (χ0v) is 29.3. The van der Waals surface area contributed by atoms with E-state index in [0.717, 1.165) is 71.1 Å². The van der Waals surface area contributed by atoms with Crippen molar-refractivity contribution in [2.75, 3.05) is 26.2 Å². The molecule has 4 saturated heterocycles. The second-order valence-electron chi connectivity index (χ2n) is 16.0. The highest BCUT2D eigenvalue weighted by Gasteiger charge is 2.33. The van der Waals surface area contributed by atoms with Gasteiger partial charge in [-0.2, -0.15) is 0 Å². The highest BCUT2D eigenvalue weighted by Crippen LogP contribution is 2.23. The largest absolute Gasteiger partial charge is 0.338 e. The van der Waals surface area contributed by atoms with Gasteiger partial charge in [0.15, 0.2) is 0 Å². The Morgan fingerprint density at radius 3 is 0.857 bits per heavy atom. The number of likely N-dealkylation sites (tertiary alicyclic amines) is 4. The summed E-state index contributed by atoms with van der Waals surface area (Å²) in [5.74, 6) is 1.26. The van der Waals surface area contributed by atoms with Crippen LogP contribution >= 0.6 is 0 Å². The van der Waals surface area contributed by atoms with E-state index in [2.05, 4.69) is 83.1 Å². The molecule has 0 radical (unpaired) electrons. The molecule has 244 valence electrons. The maximum Gasteiger partial charge on any atom is 0.224 e. The molecule has 0 aliphatic carbocycles. The number of carbonyl (C=O) groups is 4. The summed E-state index contributed by atoms with van der Waals surface area (Å²) < 4.78 is 0. The first kappa shape index (κ1) is 37.9. The van der Waals surface area contributed by atoms with Crippen LogP contribution in [0, 0.1) is 0 Å². The van der Waals surface area contributed by atoms with Crippen LogP contribution in [-0.4, -0.2) is 91.6 Å². The molecular weight excluding hydrogens is 528 g/mol. The molecule has 4 heterocycles. The number of nitrogens with zero attached hydrogens (tertiary/aromatic N) is 4. The molecule has 0 bridgehead atoms. The van der Waals surface area contributed by atoms with Crippen molar-refractivity contribution in [2.45, 2.75) is 169 Å². The number of hydrogen-bond donors (Lipinski definition) is 0. The van der Waals surface area contributed by atoms with Crippen LogP contribution in [0.5, 0.6) is 0 Å². The summed E-state index contributed by atoms with van der Waals surface area (Å²) >= 11 is 0. The Kier molecular flexibility index (Phi) is 14.0. The van der Waals surface area contributed by atoms with Crippen LogP contribution in [0.2, 0.25) is 0 Å². The molecule has 0 aromatic rings. The van der Waals surface area contributed by atoms with Gasteiger partial charge in [-0.15, -0.1) is 0 Å². The van der Waals surface area contributed by atoms with Crippen LogP contribution in [0.15, 0.2) is 0 Å². The van der Waals surface area contributed by atoms with E-state index in [1.54, 1.807) is 0 Å². The summed E-state index contributed by atoms with van der Waals surface area (Å²) in [5.41, 5.74) is 0.127. The van der Waals surface area contributed by atoms with Gasteiger partial charge in [0.2, 0.25) is 23.6 Å². The molecule has 0 atom stereocenters. The average Bonchev–Trinajstić information content (AvgIpc) is 3.13. The SMILES string of the molecule is CC(C)(C)N1CCC1=O.CC(C)(C)N1CCCC1=O.CC(C)(C)N1CCCCC1=O.CC(C)(C)N1CCCCCC1=O. The van der Waals surface area contributed by atoms with Crippen molar-refractivity contribution in [1.82, 2.24) is 19.6 Å². The van der Waals surface area contributed by atoms with Gasteiger partial charge in [0.1, 0.15) is 0 Å². The molecule has 42 heavy (non-hydrogen) atoms. The van der Waals surface area contributed by atoms with Gasteiger partial charge >= 0.3 is 0 Å². The minimum Gasteiger partial charge on any atom is -0.338 e. The molecular formula is C34H64N4O4. The predicted molar refractivity (Wildman–Crippen MR) is 172 cm³/mol. The van der Waals surface area contributed by atoms with E-state index < -0.39 is 0 Å². The third-order valence-electron chi connectivity index (χ3n) is 8.06. The van der Waals surface area contributed by atoms with Crippen LogP contribution in [0.4, 0.5) is 0 Å². The number of amides is 4. The summed E-state index contributed by atoms with van der Waals surface area (Å²) in [5, 5.41) is 0. The van der Waals surface area contributed by atoms with Crippen molar-refractivity contribution in [2.24, 2.45) is 0 Å². The van der Waals surface area contributed by atoms with E-state index >= 15 is 0 Å². The Balaban J connectivity index is 0.000000281. The molecule has 0 unspecified atom stereocenters. The minimum atomic E-state index is 0.0153. The quantitative estimate of drug-likeness (QED) is 0.305. The van der Waals surface area contributed by atoms with E-state index in [4.69, 9.17) is 0 Å². The third kappa shape index (κ3) is 12.6. The minimum absolute atomic E-state index is 0.0153. The van der Waals surface area contributed by atoms with Crippen molar-refractivity contribution in [3.8, 4) is 0 Å². The average molecular weight is 593 g/mol. The normalized spacial score (nSPS) is 20.5. The number of carbonyl (C=O) groups excluding carboxylic acids is 4. The van der Waals surface area contributed by atoms with Crippen molar-refractivity contribution < 1.29 is 19.2 Å². The Bertz CT molecular complexity index is 902. The molecule has 4 aliphatic rings. The molecule has 4 amide bonds. The van der Waals surface area contributed by atoms with Gasteiger partial charge in [0.25, 0.3) is 0 Å². The number of hydrogen-bond acceptors (Lipinski definition) is 4. The van der Waals surface area contributed by atoms with Crippen LogP contribution in [0.25, 0.3) is 0 Å². The third-order valence-corrected chi connectivity index (χ3v) is 8.06.